The van der Waals surface area contributed by atoms with Gasteiger partial charge in [0.15, 0.2) is 0 Å². The molecule has 0 bridgehead atoms. The summed E-state index contributed by atoms with van der Waals surface area (Å²) in [7, 11) is -25.8. The number of hydrogen-bond acceptors (Lipinski definition) is 32. The molecule has 16 atom stereocenters. The Morgan fingerprint density at radius 2 is 0.944 bits per heavy atom. The van der Waals surface area contributed by atoms with Gasteiger partial charge in [-0.15, -0.1) is 0 Å². The number of aryl methyl sites for hydroxylation is 3. The van der Waals surface area contributed by atoms with E-state index in [2.05, 4.69) is 37.4 Å². The van der Waals surface area contributed by atoms with Gasteiger partial charge in [-0.25, -0.2) is 32.6 Å². The third-order valence-electron chi connectivity index (χ3n) is 19.9. The minimum atomic E-state index is -5.33. The standard InChI is InChI=1S/C74H104N9O36P5/c1-5-6-28-108-121(95,96)118-58-39-67(82-42-49(3)70(88)78-73(82)91)115-62(58)47-112-124(101,102)117-57-38-66(81-41-48(2)69(87)77-72(81)90)113-55(57)24-32-109-122(97,98)116-56-23-31-106-60(56)45-111-123(99,100)119-59-40-68(83-43-50(4)71(89)79-74(83)92)114-61(59)46-110-120(93,94)107-29-14-8-7-13-26-75-64(85)25-30-103-34-36-105-37-35-104-33-27-76-63(84)21-22-65(86)80-44-53-17-10-9-15-51(53)19-20-52-16-11-12-18-54(52)80/h9-12,15-18,41-43,55-62,66-68H,5-8,13-14,21-40,44-47H2,1-4H3,(H,75,85)(H,76,84)(H,93,94)(H,95,96)(H,97,98)(H,99,100)(H,101,102)(H,77,87,90)(H,78,88,91)(H,79,89,92)/p-1/t55-,56?,57?,58?,59?,60-,61-,62-,66-,67-,68-/m1/s1. The van der Waals surface area contributed by atoms with Crippen LogP contribution >= 0.6 is 39.1 Å². The van der Waals surface area contributed by atoms with Crippen LogP contribution in [0.5, 0.6) is 0 Å². The lowest BCUT2D eigenvalue weighted by atomic mass is 10.0. The van der Waals surface area contributed by atoms with Crippen molar-refractivity contribution in [1.29, 1.82) is 0 Å². The number of nitrogens with one attached hydrogen (secondary N) is 5. The molecule has 4 fully saturated rings. The fraction of sp³-hybridized carbons (Fsp3) is 0.608. The van der Waals surface area contributed by atoms with Crippen LogP contribution in [-0.2, 0) is 122 Å². The van der Waals surface area contributed by atoms with E-state index in [1.807, 2.05) is 48.5 Å². The minimum absolute atomic E-state index is 0.00302. The molecule has 50 heteroatoms. The fourth-order valence-electron chi connectivity index (χ4n) is 13.5. The second kappa shape index (κ2) is 46.6. The van der Waals surface area contributed by atoms with Crippen molar-refractivity contribution in [1.82, 2.24) is 39.3 Å². The van der Waals surface area contributed by atoms with Gasteiger partial charge in [-0.05, 0) is 63.8 Å². The number of unbranched alkanes of at least 4 members (excludes halogenated alkanes) is 4. The van der Waals surface area contributed by atoms with Crippen LogP contribution in [0.15, 0.2) is 95.9 Å². The summed E-state index contributed by atoms with van der Waals surface area (Å²) in [4.78, 5) is 179. The highest BCUT2D eigenvalue weighted by Gasteiger charge is 2.48. The summed E-state index contributed by atoms with van der Waals surface area (Å²) in [5, 5.41) is 5.56. The Kier molecular flexibility index (Phi) is 37.2. The second-order valence-corrected chi connectivity index (χ2v) is 36.3. The minimum Gasteiger partial charge on any atom is -0.756 e. The van der Waals surface area contributed by atoms with E-state index in [0.29, 0.717) is 50.9 Å². The Balaban J connectivity index is 0.610. The molecule has 0 saturated carbocycles. The lowest BCUT2D eigenvalue weighted by Crippen LogP contribution is -2.34. The summed E-state index contributed by atoms with van der Waals surface area (Å²) in [6.07, 6.45) is -11.1. The maximum Gasteiger partial charge on any atom is 0.472 e. The number of H-pyrrole nitrogens is 3. The maximum absolute atomic E-state index is 13.9. The second-order valence-electron chi connectivity index (χ2n) is 29.3. The first-order chi connectivity index (χ1) is 59.0. The number of ether oxygens (including phenoxy) is 7. The average molecular weight is 1850 g/mol. The van der Waals surface area contributed by atoms with Crippen molar-refractivity contribution in [3.63, 3.8) is 0 Å². The molecule has 0 radical (unpaired) electrons. The number of rotatable bonds is 51. The number of carbonyl (C=O) groups excluding carboxylic acids is 3. The number of fused-ring (bicyclic) bond motifs is 2. The largest absolute Gasteiger partial charge is 0.756 e. The Morgan fingerprint density at radius 3 is 1.52 bits per heavy atom. The summed E-state index contributed by atoms with van der Waals surface area (Å²) >= 11 is 0. The van der Waals surface area contributed by atoms with E-state index >= 15 is 0 Å². The van der Waals surface area contributed by atoms with E-state index in [-0.39, 0.29) is 139 Å². The topological polar surface area (TPSA) is 589 Å². The molecule has 3 aromatic heterocycles. The molecular formula is C74H103N9O36P5-. The normalized spacial score (nSPS) is 23.6. The molecule has 3 amide bonds. The van der Waals surface area contributed by atoms with E-state index in [1.54, 1.807) is 11.8 Å². The number of nitrogens with zero attached hydrogens (tertiary/aromatic N) is 4. The molecule has 45 nitrogen and oxygen atoms in total. The number of hydrogen-bond donors (Lipinski definition) is 9. The molecule has 9 N–H and O–H groups in total. The number of aromatic amines is 3. The van der Waals surface area contributed by atoms with Gasteiger partial charge in [-0.3, -0.25) is 98.2 Å². The zero-order valence-corrected chi connectivity index (χ0v) is 72.8. The van der Waals surface area contributed by atoms with Gasteiger partial charge < -0.3 is 82.2 Å². The molecule has 124 heavy (non-hydrogen) atoms. The lowest BCUT2D eigenvalue weighted by Gasteiger charge is -2.27. The summed E-state index contributed by atoms with van der Waals surface area (Å²) in [5.41, 5.74) is -1.64. The third-order valence-corrected chi connectivity index (χ3v) is 25.0. The van der Waals surface area contributed by atoms with Crippen molar-refractivity contribution in [3.8, 4) is 11.8 Å². The summed E-state index contributed by atoms with van der Waals surface area (Å²) in [6.45, 7) is 4.17. The molecule has 5 aliphatic heterocycles. The molecule has 8 heterocycles. The Hall–Kier alpha value is -7.28. The van der Waals surface area contributed by atoms with Crippen LogP contribution in [0.1, 0.15) is 149 Å². The van der Waals surface area contributed by atoms with E-state index in [0.717, 1.165) is 49.0 Å². The SMILES string of the molecule is CCCCOP(=O)(O)OC1C[C@H](n2cc(C)c(=O)[nH]c2=O)O[C@@H]1COP(=O)(O)OC1C[C@H](n2cc(C)c(=O)[nH]c2=O)O[C@@H]1CCOP(=O)(O)OC1CCO[C@@H]1COP(=O)(O)OC1C[C@H](n2cc(C)c(=O)[nH]c2=O)O[C@@H]1COP(=O)([O-])OCCCCCCNC(=O)CCOCCOCCOCCNC(=O)CCC(=O)N1Cc2ccccc2C#Cc2ccccc21. The monoisotopic (exact) mass is 1850 g/mol. The predicted octanol–water partition coefficient (Wildman–Crippen LogP) is 3.87. The molecule has 10 rings (SSSR count). The van der Waals surface area contributed by atoms with E-state index in [1.165, 1.54) is 20.8 Å². The van der Waals surface area contributed by atoms with Crippen LogP contribution in [0.4, 0.5) is 5.69 Å². The molecule has 0 aliphatic carbocycles. The van der Waals surface area contributed by atoms with Gasteiger partial charge in [-0.2, -0.15) is 0 Å². The van der Waals surface area contributed by atoms with Crippen LogP contribution in [-0.4, -0.2) is 214 Å². The van der Waals surface area contributed by atoms with Crippen molar-refractivity contribution in [3.05, 3.63) is 163 Å². The number of amides is 3. The van der Waals surface area contributed by atoms with Crippen LogP contribution in [0.3, 0.4) is 0 Å². The number of phosphoric ester groups is 5. The van der Waals surface area contributed by atoms with Gasteiger partial charge in [-0.1, -0.05) is 68.4 Å². The lowest BCUT2D eigenvalue weighted by molar-refractivity contribution is -0.228. The van der Waals surface area contributed by atoms with Crippen molar-refractivity contribution in [2.24, 2.45) is 0 Å². The van der Waals surface area contributed by atoms with Gasteiger partial charge in [0.05, 0.1) is 97.6 Å². The van der Waals surface area contributed by atoms with Gasteiger partial charge in [0, 0.05) is 117 Å². The van der Waals surface area contributed by atoms with Gasteiger partial charge >= 0.3 is 48.4 Å². The maximum atomic E-state index is 13.9. The number of anilines is 1. The zero-order chi connectivity index (χ0) is 89.4. The number of aromatic nitrogens is 6. The van der Waals surface area contributed by atoms with Crippen molar-refractivity contribution >= 4 is 62.5 Å². The zero-order valence-electron chi connectivity index (χ0n) is 68.3. The first-order valence-corrected chi connectivity index (χ1v) is 47.5. The molecule has 5 aromatic rings. The first-order valence-electron chi connectivity index (χ1n) is 40.1. The Bertz CT molecular complexity index is 5170. The molecule has 686 valence electrons. The van der Waals surface area contributed by atoms with Gasteiger partial charge in [0.1, 0.15) is 61.4 Å². The van der Waals surface area contributed by atoms with E-state index in [4.69, 9.17) is 78.4 Å². The van der Waals surface area contributed by atoms with Crippen molar-refractivity contribution in [2.75, 3.05) is 104 Å². The number of para-hydroxylation sites is 1. The number of phosphoric acid groups is 5. The van der Waals surface area contributed by atoms with Crippen molar-refractivity contribution in [2.45, 2.75) is 192 Å². The van der Waals surface area contributed by atoms with E-state index < -0.39 is 186 Å². The van der Waals surface area contributed by atoms with Crippen molar-refractivity contribution < 1.29 is 140 Å². The summed E-state index contributed by atoms with van der Waals surface area (Å²) < 4.78 is 163. The highest BCUT2D eigenvalue weighted by molar-refractivity contribution is 7.48. The smallest absolute Gasteiger partial charge is 0.472 e. The highest BCUT2D eigenvalue weighted by atomic mass is 31.2. The first kappa shape index (κ1) is 98.9. The Labute approximate surface area is 709 Å². The number of benzene rings is 2. The van der Waals surface area contributed by atoms with Gasteiger partial charge in [0.2, 0.25) is 17.7 Å². The molecule has 2 aromatic carbocycles. The van der Waals surface area contributed by atoms with Crippen LogP contribution in [0.25, 0.3) is 0 Å². The Morgan fingerprint density at radius 1 is 0.492 bits per heavy atom. The van der Waals surface area contributed by atoms with Crippen LogP contribution in [0.2, 0.25) is 0 Å². The third kappa shape index (κ3) is 30.5. The average Bonchev–Trinajstić information content (AvgIpc) is 1.76. The molecule has 0 spiro atoms. The summed E-state index contributed by atoms with van der Waals surface area (Å²) in [6, 6.07) is 15.1. The predicted molar refractivity (Wildman–Crippen MR) is 431 cm³/mol. The molecular weight excluding hydrogens is 1750 g/mol. The van der Waals surface area contributed by atoms with Crippen LogP contribution in [0, 0.1) is 32.6 Å². The highest BCUT2D eigenvalue weighted by Crippen LogP contribution is 2.54. The number of carbonyl (C=O) groups is 3. The summed E-state index contributed by atoms with van der Waals surface area (Å²) in [5.74, 6) is 5.63. The molecule has 5 aliphatic rings. The van der Waals surface area contributed by atoms with Crippen LogP contribution < -0.4 is 54.2 Å². The van der Waals surface area contributed by atoms with Gasteiger partial charge in [0.25, 0.3) is 24.5 Å². The fourth-order valence-corrected chi connectivity index (χ4v) is 18.1. The quantitative estimate of drug-likeness (QED) is 0.0151. The molecule has 4 saturated heterocycles. The van der Waals surface area contributed by atoms with E-state index in [9.17, 15) is 90.4 Å². The molecule has 9 unspecified atom stereocenters.